The normalized spacial score (nSPS) is 18.7. The van der Waals surface area contributed by atoms with Crippen LogP contribution in [0, 0.1) is 5.92 Å². The lowest BCUT2D eigenvalue weighted by Crippen LogP contribution is -2.40. The average molecular weight is 418 g/mol. The Hall–Kier alpha value is -1.12. The topological polar surface area (TPSA) is 70.6 Å². The molecule has 1 unspecified atom stereocenters. The van der Waals surface area contributed by atoms with Crippen LogP contribution in [0.15, 0.2) is 23.5 Å². The molecule has 2 N–H and O–H groups in total. The summed E-state index contributed by atoms with van der Waals surface area (Å²) in [7, 11) is 0. The molecular formula is C15H27IN6. The second-order valence-corrected chi connectivity index (χ2v) is 5.37. The van der Waals surface area contributed by atoms with Gasteiger partial charge in [0.25, 0.3) is 0 Å². The zero-order chi connectivity index (χ0) is 15.1. The van der Waals surface area contributed by atoms with Gasteiger partial charge in [-0.1, -0.05) is 0 Å². The molecule has 1 aromatic rings. The number of hydrogen-bond acceptors (Lipinski definition) is 4. The SMILES string of the molecule is CCN(CC)C(N)=NCC1CCCN(c2ncccn2)C1.I. The zero-order valence-electron chi connectivity index (χ0n) is 13.5. The van der Waals surface area contributed by atoms with Crippen molar-refractivity contribution in [2.75, 3.05) is 37.6 Å². The molecular weight excluding hydrogens is 391 g/mol. The molecule has 0 bridgehead atoms. The molecule has 1 atom stereocenters. The second-order valence-electron chi connectivity index (χ2n) is 5.37. The van der Waals surface area contributed by atoms with E-state index < -0.39 is 0 Å². The van der Waals surface area contributed by atoms with Crippen molar-refractivity contribution in [3.05, 3.63) is 18.5 Å². The van der Waals surface area contributed by atoms with Crippen molar-refractivity contribution in [1.29, 1.82) is 0 Å². The number of rotatable bonds is 5. The third-order valence-corrected chi connectivity index (χ3v) is 3.95. The highest BCUT2D eigenvalue weighted by Crippen LogP contribution is 2.20. The number of anilines is 1. The molecule has 6 nitrogen and oxygen atoms in total. The first kappa shape index (κ1) is 18.9. The van der Waals surface area contributed by atoms with Crippen molar-refractivity contribution >= 4 is 35.9 Å². The Balaban J connectivity index is 0.00000242. The number of hydrogen-bond donors (Lipinski definition) is 1. The number of nitrogens with zero attached hydrogens (tertiary/aromatic N) is 5. The van der Waals surface area contributed by atoms with Gasteiger partial charge in [0.2, 0.25) is 5.95 Å². The van der Waals surface area contributed by atoms with Crippen molar-refractivity contribution < 1.29 is 0 Å². The monoisotopic (exact) mass is 418 g/mol. The Labute approximate surface area is 150 Å². The van der Waals surface area contributed by atoms with Gasteiger partial charge >= 0.3 is 0 Å². The highest BCUT2D eigenvalue weighted by atomic mass is 127. The fourth-order valence-corrected chi connectivity index (χ4v) is 2.72. The van der Waals surface area contributed by atoms with Crippen molar-refractivity contribution in [2.24, 2.45) is 16.6 Å². The maximum absolute atomic E-state index is 6.04. The second kappa shape index (κ2) is 9.81. The first-order chi connectivity index (χ1) is 10.2. The van der Waals surface area contributed by atoms with Gasteiger partial charge in [-0.25, -0.2) is 9.97 Å². The summed E-state index contributed by atoms with van der Waals surface area (Å²) in [6, 6.07) is 1.85. The highest BCUT2D eigenvalue weighted by Gasteiger charge is 2.21. The molecule has 0 saturated carbocycles. The largest absolute Gasteiger partial charge is 0.370 e. The van der Waals surface area contributed by atoms with Gasteiger partial charge in [0.1, 0.15) is 0 Å². The summed E-state index contributed by atoms with van der Waals surface area (Å²) in [5.41, 5.74) is 6.04. The van der Waals surface area contributed by atoms with Crippen molar-refractivity contribution in [1.82, 2.24) is 14.9 Å². The number of piperidine rings is 1. The number of guanidine groups is 1. The molecule has 0 radical (unpaired) electrons. The minimum Gasteiger partial charge on any atom is -0.370 e. The van der Waals surface area contributed by atoms with Crippen molar-refractivity contribution in [3.63, 3.8) is 0 Å². The van der Waals surface area contributed by atoms with E-state index in [0.717, 1.165) is 45.1 Å². The fraction of sp³-hybridized carbons (Fsp3) is 0.667. The molecule has 0 aliphatic carbocycles. The van der Waals surface area contributed by atoms with Gasteiger partial charge in [0, 0.05) is 45.1 Å². The summed E-state index contributed by atoms with van der Waals surface area (Å²) in [6.07, 6.45) is 5.94. The number of aliphatic imine (C=N–C) groups is 1. The van der Waals surface area contributed by atoms with Crippen LogP contribution in [-0.2, 0) is 0 Å². The van der Waals surface area contributed by atoms with Gasteiger partial charge in [0.05, 0.1) is 0 Å². The zero-order valence-corrected chi connectivity index (χ0v) is 15.8. The molecule has 0 spiro atoms. The quantitative estimate of drug-likeness (QED) is 0.450. The third kappa shape index (κ3) is 5.26. The van der Waals surface area contributed by atoms with E-state index in [4.69, 9.17) is 5.73 Å². The van der Waals surface area contributed by atoms with Gasteiger partial charge in [-0.05, 0) is 38.7 Å². The van der Waals surface area contributed by atoms with Crippen LogP contribution >= 0.6 is 24.0 Å². The third-order valence-electron chi connectivity index (χ3n) is 3.95. The van der Waals surface area contributed by atoms with Gasteiger partial charge in [-0.3, -0.25) is 4.99 Å². The van der Waals surface area contributed by atoms with Crippen molar-refractivity contribution in [3.8, 4) is 0 Å². The van der Waals surface area contributed by atoms with E-state index in [1.807, 2.05) is 6.07 Å². The lowest BCUT2D eigenvalue weighted by molar-refractivity contribution is 0.412. The maximum atomic E-state index is 6.04. The van der Waals surface area contributed by atoms with Crippen molar-refractivity contribution in [2.45, 2.75) is 26.7 Å². The van der Waals surface area contributed by atoms with E-state index in [0.29, 0.717) is 11.9 Å². The van der Waals surface area contributed by atoms with Crippen LogP contribution in [0.2, 0.25) is 0 Å². The van der Waals surface area contributed by atoms with Crippen LogP contribution in [0.4, 0.5) is 5.95 Å². The first-order valence-corrected chi connectivity index (χ1v) is 7.81. The molecule has 2 rings (SSSR count). The summed E-state index contributed by atoms with van der Waals surface area (Å²) in [5.74, 6) is 2.01. The summed E-state index contributed by atoms with van der Waals surface area (Å²) in [4.78, 5) is 17.6. The van der Waals surface area contributed by atoms with E-state index in [-0.39, 0.29) is 24.0 Å². The number of nitrogens with two attached hydrogens (primary N) is 1. The van der Waals surface area contributed by atoms with E-state index in [1.54, 1.807) is 12.4 Å². The van der Waals surface area contributed by atoms with Crippen LogP contribution in [0.5, 0.6) is 0 Å². The first-order valence-electron chi connectivity index (χ1n) is 7.81. The predicted molar refractivity (Wildman–Crippen MR) is 102 cm³/mol. The molecule has 2 heterocycles. The molecule has 0 amide bonds. The smallest absolute Gasteiger partial charge is 0.225 e. The minimum atomic E-state index is 0. The molecule has 0 aromatic carbocycles. The lowest BCUT2D eigenvalue weighted by Gasteiger charge is -2.32. The summed E-state index contributed by atoms with van der Waals surface area (Å²) in [5, 5.41) is 0. The molecule has 124 valence electrons. The minimum absolute atomic E-state index is 0. The lowest BCUT2D eigenvalue weighted by atomic mass is 9.98. The molecule has 1 aliphatic rings. The molecule has 1 saturated heterocycles. The van der Waals surface area contributed by atoms with E-state index >= 15 is 0 Å². The Morgan fingerprint density at radius 2 is 2.05 bits per heavy atom. The van der Waals surface area contributed by atoms with Crippen LogP contribution < -0.4 is 10.6 Å². The summed E-state index contributed by atoms with van der Waals surface area (Å²) in [6.45, 7) is 8.77. The predicted octanol–water partition coefficient (Wildman–Crippen LogP) is 1.97. The highest BCUT2D eigenvalue weighted by molar-refractivity contribution is 14.0. The van der Waals surface area contributed by atoms with Crippen LogP contribution in [0.1, 0.15) is 26.7 Å². The Kier molecular flexibility index (Phi) is 8.44. The van der Waals surface area contributed by atoms with Gasteiger partial charge in [-0.15, -0.1) is 24.0 Å². The molecule has 1 fully saturated rings. The Bertz CT molecular complexity index is 449. The standard InChI is InChI=1S/C15H26N6.HI/c1-3-20(4-2)14(16)19-11-13-7-5-10-21(12-13)15-17-8-6-9-18-15;/h6,8-9,13H,3-5,7,10-12H2,1-2H3,(H2,16,19);1H. The summed E-state index contributed by atoms with van der Waals surface area (Å²) < 4.78 is 0. The van der Waals surface area contributed by atoms with Gasteiger partial charge < -0.3 is 15.5 Å². The van der Waals surface area contributed by atoms with Crippen LogP contribution in [-0.4, -0.2) is 53.6 Å². The fourth-order valence-electron chi connectivity index (χ4n) is 2.72. The van der Waals surface area contributed by atoms with Gasteiger partial charge in [-0.2, -0.15) is 0 Å². The average Bonchev–Trinajstić information content (AvgIpc) is 2.55. The van der Waals surface area contributed by atoms with Gasteiger partial charge in [0.15, 0.2) is 5.96 Å². The molecule has 7 heteroatoms. The molecule has 22 heavy (non-hydrogen) atoms. The van der Waals surface area contributed by atoms with E-state index in [1.165, 1.54) is 6.42 Å². The number of aromatic nitrogens is 2. The summed E-state index contributed by atoms with van der Waals surface area (Å²) >= 11 is 0. The van der Waals surface area contributed by atoms with Crippen LogP contribution in [0.3, 0.4) is 0 Å². The number of halogens is 1. The molecule has 1 aromatic heterocycles. The van der Waals surface area contributed by atoms with E-state index in [9.17, 15) is 0 Å². The Morgan fingerprint density at radius 1 is 1.36 bits per heavy atom. The van der Waals surface area contributed by atoms with Crippen LogP contribution in [0.25, 0.3) is 0 Å². The molecule has 1 aliphatic heterocycles. The Morgan fingerprint density at radius 3 is 2.68 bits per heavy atom. The van der Waals surface area contributed by atoms with E-state index in [2.05, 4.69) is 38.6 Å². The maximum Gasteiger partial charge on any atom is 0.225 e.